The number of halogens is 1. The van der Waals surface area contributed by atoms with Gasteiger partial charge in [0.2, 0.25) is 0 Å². The van der Waals surface area contributed by atoms with E-state index in [1.54, 1.807) is 6.07 Å². The molecule has 1 amide bonds. The Labute approximate surface area is 113 Å². The zero-order valence-corrected chi connectivity index (χ0v) is 11.7. The highest BCUT2D eigenvalue weighted by Gasteiger charge is 2.11. The molecule has 2 N–H and O–H groups in total. The van der Waals surface area contributed by atoms with Crippen molar-refractivity contribution in [1.82, 2.24) is 10.2 Å². The average Bonchev–Trinajstić information content (AvgIpc) is 2.30. The number of nitrogens with one attached hydrogen (secondary N) is 1. The Balaban J connectivity index is 2.56. The van der Waals surface area contributed by atoms with Crippen LogP contribution in [-0.2, 0) is 0 Å². The number of carbonyl (C=O) groups is 1. The molecule has 0 fully saturated rings. The van der Waals surface area contributed by atoms with Crippen LogP contribution in [0.25, 0.3) is 0 Å². The van der Waals surface area contributed by atoms with Crippen molar-refractivity contribution in [2.45, 2.75) is 19.4 Å². The Kier molecular flexibility index (Phi) is 5.44. The third-order valence-corrected chi connectivity index (χ3v) is 2.90. The van der Waals surface area contributed by atoms with Crippen molar-refractivity contribution < 1.29 is 9.90 Å². The fourth-order valence-electron chi connectivity index (χ4n) is 1.48. The number of carbonyl (C=O) groups excluding carboxylic acids is 1. The molecular formula is C13H19ClN2O2. The van der Waals surface area contributed by atoms with Gasteiger partial charge in [0.15, 0.2) is 0 Å². The highest BCUT2D eigenvalue weighted by Crippen LogP contribution is 2.23. The normalized spacial score (nSPS) is 12.5. The molecule has 1 atom stereocenters. The van der Waals surface area contributed by atoms with Crippen LogP contribution in [0.1, 0.15) is 23.7 Å². The largest absolute Gasteiger partial charge is 0.506 e. The van der Waals surface area contributed by atoms with Gasteiger partial charge in [-0.1, -0.05) is 11.6 Å². The van der Waals surface area contributed by atoms with Crippen molar-refractivity contribution in [2.75, 3.05) is 20.6 Å². The maximum Gasteiger partial charge on any atom is 0.251 e. The molecule has 0 aliphatic carbocycles. The topological polar surface area (TPSA) is 52.6 Å². The standard InChI is InChI=1S/C13H19ClN2O2/c1-9(6-7-16(2)3)15-13(18)10-4-5-12(17)11(14)8-10/h4-5,8-9,17H,6-7H2,1-3H3,(H,15,18). The van der Waals surface area contributed by atoms with Crippen molar-refractivity contribution in [1.29, 1.82) is 0 Å². The van der Waals surface area contributed by atoms with Gasteiger partial charge < -0.3 is 15.3 Å². The molecule has 0 saturated carbocycles. The zero-order valence-electron chi connectivity index (χ0n) is 10.9. The number of phenolic OH excluding ortho intramolecular Hbond substituents is 1. The molecule has 0 saturated heterocycles. The number of hydrogen-bond donors (Lipinski definition) is 2. The van der Waals surface area contributed by atoms with E-state index in [2.05, 4.69) is 10.2 Å². The summed E-state index contributed by atoms with van der Waals surface area (Å²) >= 11 is 5.76. The van der Waals surface area contributed by atoms with Crippen molar-refractivity contribution in [3.05, 3.63) is 28.8 Å². The second-order valence-corrected chi connectivity index (χ2v) is 5.04. The summed E-state index contributed by atoms with van der Waals surface area (Å²) in [6, 6.07) is 4.52. The molecule has 1 rings (SSSR count). The highest BCUT2D eigenvalue weighted by molar-refractivity contribution is 6.32. The van der Waals surface area contributed by atoms with Gasteiger partial charge in [-0.05, 0) is 52.2 Å². The van der Waals surface area contributed by atoms with Crippen LogP contribution < -0.4 is 5.32 Å². The molecule has 0 heterocycles. The molecule has 0 spiro atoms. The van der Waals surface area contributed by atoms with Crippen LogP contribution in [0.15, 0.2) is 18.2 Å². The van der Waals surface area contributed by atoms with Gasteiger partial charge in [0, 0.05) is 11.6 Å². The van der Waals surface area contributed by atoms with Crippen molar-refractivity contribution in [2.24, 2.45) is 0 Å². The summed E-state index contributed by atoms with van der Waals surface area (Å²) in [7, 11) is 3.99. The van der Waals surface area contributed by atoms with E-state index in [0.717, 1.165) is 13.0 Å². The molecular weight excluding hydrogens is 252 g/mol. The molecule has 0 aliphatic heterocycles. The van der Waals surface area contributed by atoms with Gasteiger partial charge in [0.05, 0.1) is 5.02 Å². The van der Waals surface area contributed by atoms with Gasteiger partial charge >= 0.3 is 0 Å². The van der Waals surface area contributed by atoms with Crippen LogP contribution in [0, 0.1) is 0 Å². The maximum atomic E-state index is 11.9. The van der Waals surface area contributed by atoms with Gasteiger partial charge in [-0.2, -0.15) is 0 Å². The quantitative estimate of drug-likeness (QED) is 0.862. The van der Waals surface area contributed by atoms with E-state index in [4.69, 9.17) is 11.6 Å². The minimum Gasteiger partial charge on any atom is -0.506 e. The maximum absolute atomic E-state index is 11.9. The molecule has 1 aromatic rings. The van der Waals surface area contributed by atoms with Crippen LogP contribution in [0.2, 0.25) is 5.02 Å². The molecule has 5 heteroatoms. The zero-order chi connectivity index (χ0) is 13.7. The first-order valence-corrected chi connectivity index (χ1v) is 6.22. The number of hydrogen-bond acceptors (Lipinski definition) is 3. The predicted octanol–water partition coefficient (Wildman–Crippen LogP) is 2.12. The highest BCUT2D eigenvalue weighted by atomic mass is 35.5. The van der Waals surface area contributed by atoms with Crippen molar-refractivity contribution in [3.63, 3.8) is 0 Å². The van der Waals surface area contributed by atoms with Gasteiger partial charge in [-0.15, -0.1) is 0 Å². The number of phenols is 1. The predicted molar refractivity (Wildman–Crippen MR) is 73.2 cm³/mol. The molecule has 0 aromatic heterocycles. The first kappa shape index (κ1) is 14.8. The van der Waals surface area contributed by atoms with Crippen LogP contribution in [0.4, 0.5) is 0 Å². The van der Waals surface area contributed by atoms with E-state index in [9.17, 15) is 9.90 Å². The van der Waals surface area contributed by atoms with Gasteiger partial charge in [0.25, 0.3) is 5.91 Å². The van der Waals surface area contributed by atoms with Crippen molar-refractivity contribution >= 4 is 17.5 Å². The van der Waals surface area contributed by atoms with E-state index in [1.807, 2.05) is 21.0 Å². The van der Waals surface area contributed by atoms with Crippen LogP contribution in [-0.4, -0.2) is 42.6 Å². The summed E-state index contributed by atoms with van der Waals surface area (Å²) in [5, 5.41) is 12.4. The van der Waals surface area contributed by atoms with E-state index in [0.29, 0.717) is 5.56 Å². The molecule has 0 aliphatic rings. The SMILES string of the molecule is CC(CCN(C)C)NC(=O)c1ccc(O)c(Cl)c1. The van der Waals surface area contributed by atoms with Gasteiger partial charge in [-0.3, -0.25) is 4.79 Å². The lowest BCUT2D eigenvalue weighted by molar-refractivity contribution is 0.0937. The Bertz CT molecular complexity index is 421. The number of benzene rings is 1. The molecule has 4 nitrogen and oxygen atoms in total. The second-order valence-electron chi connectivity index (χ2n) is 4.63. The summed E-state index contributed by atoms with van der Waals surface area (Å²) in [5.41, 5.74) is 0.453. The first-order valence-electron chi connectivity index (χ1n) is 5.84. The van der Waals surface area contributed by atoms with Gasteiger partial charge in [0.1, 0.15) is 5.75 Å². The Hall–Kier alpha value is -1.26. The molecule has 100 valence electrons. The van der Waals surface area contributed by atoms with E-state index in [-0.39, 0.29) is 22.7 Å². The van der Waals surface area contributed by atoms with Gasteiger partial charge in [-0.25, -0.2) is 0 Å². The minimum absolute atomic E-state index is 0.0196. The smallest absolute Gasteiger partial charge is 0.251 e. The van der Waals surface area contributed by atoms with Crippen LogP contribution in [0.3, 0.4) is 0 Å². The number of nitrogens with zero attached hydrogens (tertiary/aromatic N) is 1. The Morgan fingerprint density at radius 1 is 1.50 bits per heavy atom. The third kappa shape index (κ3) is 4.55. The van der Waals surface area contributed by atoms with E-state index in [1.165, 1.54) is 12.1 Å². The first-order chi connectivity index (χ1) is 8.40. The summed E-state index contributed by atoms with van der Waals surface area (Å²) in [4.78, 5) is 14.0. The molecule has 18 heavy (non-hydrogen) atoms. The Morgan fingerprint density at radius 3 is 2.72 bits per heavy atom. The lowest BCUT2D eigenvalue weighted by Gasteiger charge is -2.16. The number of amides is 1. The molecule has 1 unspecified atom stereocenters. The fourth-order valence-corrected chi connectivity index (χ4v) is 1.66. The van der Waals surface area contributed by atoms with E-state index >= 15 is 0 Å². The lowest BCUT2D eigenvalue weighted by Crippen LogP contribution is -2.34. The number of rotatable bonds is 5. The summed E-state index contributed by atoms with van der Waals surface area (Å²) in [6.07, 6.45) is 0.880. The summed E-state index contributed by atoms with van der Waals surface area (Å²) in [6.45, 7) is 2.88. The average molecular weight is 271 g/mol. The van der Waals surface area contributed by atoms with Crippen LogP contribution in [0.5, 0.6) is 5.75 Å². The van der Waals surface area contributed by atoms with Crippen molar-refractivity contribution in [3.8, 4) is 5.75 Å². The van der Waals surface area contributed by atoms with Crippen LogP contribution >= 0.6 is 11.6 Å². The third-order valence-electron chi connectivity index (χ3n) is 2.60. The Morgan fingerprint density at radius 2 is 2.17 bits per heavy atom. The molecule has 1 aromatic carbocycles. The lowest BCUT2D eigenvalue weighted by atomic mass is 10.1. The fraction of sp³-hybridized carbons (Fsp3) is 0.462. The summed E-state index contributed by atoms with van der Waals surface area (Å²) in [5.74, 6) is -0.197. The second kappa shape index (κ2) is 6.61. The number of aromatic hydroxyl groups is 1. The minimum atomic E-state index is -0.178. The summed E-state index contributed by atoms with van der Waals surface area (Å²) < 4.78 is 0. The van der Waals surface area contributed by atoms with E-state index < -0.39 is 0 Å². The monoisotopic (exact) mass is 270 g/mol. The molecule has 0 bridgehead atoms. The molecule has 0 radical (unpaired) electrons.